The molecule has 160 valence electrons. The highest BCUT2D eigenvalue weighted by Gasteiger charge is 2.18. The Morgan fingerprint density at radius 2 is 1.87 bits per heavy atom. The van der Waals surface area contributed by atoms with Crippen molar-refractivity contribution in [3.05, 3.63) is 63.1 Å². The Hall–Kier alpha value is -3.20. The van der Waals surface area contributed by atoms with Gasteiger partial charge in [-0.05, 0) is 55.7 Å². The lowest BCUT2D eigenvalue weighted by atomic mass is 10.1. The molecule has 2 amide bonds. The van der Waals surface area contributed by atoms with E-state index in [1.165, 1.54) is 17.3 Å². The Labute approximate surface area is 187 Å². The standard InChI is InChI=1S/C22H22BrN5O3/c23-15-5-6-17-16(11-15)22(31)28(13-25-17)12-20(29)26-18-10-14(21(24)30)4-7-19(18)27-8-2-1-3-9-27/h4-7,10-11,13H,1-3,8-9,12H2,(H2,24,30)(H,26,29). The maximum absolute atomic E-state index is 12.8. The number of primary amides is 1. The highest BCUT2D eigenvalue weighted by Crippen LogP contribution is 2.29. The zero-order chi connectivity index (χ0) is 22.0. The van der Waals surface area contributed by atoms with Gasteiger partial charge in [0.25, 0.3) is 5.56 Å². The number of nitrogens with one attached hydrogen (secondary N) is 1. The van der Waals surface area contributed by atoms with E-state index in [4.69, 9.17) is 5.73 Å². The van der Waals surface area contributed by atoms with Crippen LogP contribution in [0.3, 0.4) is 0 Å². The second-order valence-electron chi connectivity index (χ2n) is 7.53. The lowest BCUT2D eigenvalue weighted by Gasteiger charge is -2.30. The molecule has 0 spiro atoms. The third-order valence-electron chi connectivity index (χ3n) is 5.35. The number of carbonyl (C=O) groups excluding carboxylic acids is 2. The minimum Gasteiger partial charge on any atom is -0.370 e. The van der Waals surface area contributed by atoms with Crippen molar-refractivity contribution in [3.63, 3.8) is 0 Å². The molecule has 1 aliphatic heterocycles. The first kappa shape index (κ1) is 21.0. The molecule has 2 heterocycles. The van der Waals surface area contributed by atoms with E-state index in [0.717, 1.165) is 36.1 Å². The summed E-state index contributed by atoms with van der Waals surface area (Å²) in [6, 6.07) is 10.3. The number of aromatic nitrogens is 2. The number of anilines is 2. The SMILES string of the molecule is NC(=O)c1ccc(N2CCCCC2)c(NC(=O)Cn2cnc3ccc(Br)cc3c2=O)c1. The van der Waals surface area contributed by atoms with Crippen LogP contribution < -0.4 is 21.5 Å². The van der Waals surface area contributed by atoms with Gasteiger partial charge in [0.1, 0.15) is 6.54 Å². The average molecular weight is 484 g/mol. The Balaban J connectivity index is 1.61. The molecule has 0 radical (unpaired) electrons. The van der Waals surface area contributed by atoms with Crippen LogP contribution in [0, 0.1) is 0 Å². The van der Waals surface area contributed by atoms with E-state index in [2.05, 4.69) is 31.1 Å². The first-order valence-corrected chi connectivity index (χ1v) is 10.8. The molecule has 1 aromatic heterocycles. The molecule has 1 saturated heterocycles. The molecule has 31 heavy (non-hydrogen) atoms. The fourth-order valence-corrected chi connectivity index (χ4v) is 4.15. The highest BCUT2D eigenvalue weighted by molar-refractivity contribution is 9.10. The monoisotopic (exact) mass is 483 g/mol. The van der Waals surface area contributed by atoms with Gasteiger partial charge in [0.2, 0.25) is 11.8 Å². The van der Waals surface area contributed by atoms with Crippen LogP contribution in [0.4, 0.5) is 11.4 Å². The number of fused-ring (bicyclic) bond motifs is 1. The lowest BCUT2D eigenvalue weighted by molar-refractivity contribution is -0.116. The van der Waals surface area contributed by atoms with E-state index < -0.39 is 11.8 Å². The number of amides is 2. The van der Waals surface area contributed by atoms with Crippen molar-refractivity contribution >= 4 is 50.0 Å². The van der Waals surface area contributed by atoms with E-state index in [0.29, 0.717) is 22.2 Å². The van der Waals surface area contributed by atoms with E-state index >= 15 is 0 Å². The Bertz CT molecular complexity index is 1220. The van der Waals surface area contributed by atoms with E-state index in [1.54, 1.807) is 30.3 Å². The predicted molar refractivity (Wildman–Crippen MR) is 123 cm³/mol. The van der Waals surface area contributed by atoms with Crippen LogP contribution in [0.2, 0.25) is 0 Å². The zero-order valence-corrected chi connectivity index (χ0v) is 18.4. The largest absolute Gasteiger partial charge is 0.370 e. The van der Waals surface area contributed by atoms with Crippen LogP contribution in [0.1, 0.15) is 29.6 Å². The summed E-state index contributed by atoms with van der Waals surface area (Å²) in [5.41, 5.74) is 7.34. The van der Waals surface area contributed by atoms with Crippen molar-refractivity contribution in [2.45, 2.75) is 25.8 Å². The molecule has 0 atom stereocenters. The van der Waals surface area contributed by atoms with Gasteiger partial charge in [-0.1, -0.05) is 15.9 Å². The number of nitrogens with two attached hydrogens (primary N) is 1. The molecule has 2 aromatic carbocycles. The summed E-state index contributed by atoms with van der Waals surface area (Å²) in [5, 5.41) is 3.28. The Morgan fingerprint density at radius 1 is 1.10 bits per heavy atom. The zero-order valence-electron chi connectivity index (χ0n) is 16.8. The van der Waals surface area contributed by atoms with Crippen molar-refractivity contribution in [1.29, 1.82) is 0 Å². The van der Waals surface area contributed by atoms with E-state index in [1.807, 2.05) is 6.07 Å². The maximum Gasteiger partial charge on any atom is 0.261 e. The van der Waals surface area contributed by atoms with Crippen LogP contribution in [-0.4, -0.2) is 34.5 Å². The minimum absolute atomic E-state index is 0.200. The molecule has 9 heteroatoms. The molecule has 1 fully saturated rings. The first-order valence-electron chi connectivity index (χ1n) is 10.1. The molecule has 3 N–H and O–H groups in total. The fourth-order valence-electron chi connectivity index (χ4n) is 3.79. The van der Waals surface area contributed by atoms with Gasteiger partial charge in [-0.25, -0.2) is 4.98 Å². The van der Waals surface area contributed by atoms with Crippen molar-refractivity contribution in [2.75, 3.05) is 23.3 Å². The van der Waals surface area contributed by atoms with Gasteiger partial charge >= 0.3 is 0 Å². The van der Waals surface area contributed by atoms with Crippen molar-refractivity contribution in [3.8, 4) is 0 Å². The van der Waals surface area contributed by atoms with E-state index in [9.17, 15) is 14.4 Å². The van der Waals surface area contributed by atoms with Gasteiger partial charge < -0.3 is 16.0 Å². The topological polar surface area (TPSA) is 110 Å². The van der Waals surface area contributed by atoms with Crippen LogP contribution in [0.25, 0.3) is 10.9 Å². The van der Waals surface area contributed by atoms with Crippen LogP contribution in [0.15, 0.2) is 52.0 Å². The maximum atomic E-state index is 12.8. The summed E-state index contributed by atoms with van der Waals surface area (Å²) >= 11 is 3.35. The summed E-state index contributed by atoms with van der Waals surface area (Å²) in [6.45, 7) is 1.55. The minimum atomic E-state index is -0.568. The van der Waals surface area contributed by atoms with E-state index in [-0.39, 0.29) is 12.1 Å². The second kappa shape index (κ2) is 8.89. The summed E-state index contributed by atoms with van der Waals surface area (Å²) in [7, 11) is 0. The number of nitrogens with zero attached hydrogens (tertiary/aromatic N) is 3. The van der Waals surface area contributed by atoms with Crippen LogP contribution >= 0.6 is 15.9 Å². The first-order chi connectivity index (χ1) is 14.9. The molecular formula is C22H22BrN5O3. The second-order valence-corrected chi connectivity index (χ2v) is 8.45. The number of carbonyl (C=O) groups is 2. The van der Waals surface area contributed by atoms with Crippen molar-refractivity contribution in [1.82, 2.24) is 9.55 Å². The molecule has 8 nitrogen and oxygen atoms in total. The molecule has 3 aromatic rings. The number of rotatable bonds is 5. The summed E-state index contributed by atoms with van der Waals surface area (Å²) in [5.74, 6) is -0.959. The average Bonchev–Trinajstić information content (AvgIpc) is 2.76. The number of halogens is 1. The van der Waals surface area contributed by atoms with Crippen LogP contribution in [-0.2, 0) is 11.3 Å². The third kappa shape index (κ3) is 4.61. The van der Waals surface area contributed by atoms with Crippen molar-refractivity contribution in [2.24, 2.45) is 5.73 Å². The summed E-state index contributed by atoms with van der Waals surface area (Å²) < 4.78 is 2.03. The number of benzene rings is 2. The Kier molecular flexibility index (Phi) is 6.03. The lowest BCUT2D eigenvalue weighted by Crippen LogP contribution is -2.32. The summed E-state index contributed by atoms with van der Waals surface area (Å²) in [6.07, 6.45) is 4.67. The number of hydrogen-bond donors (Lipinski definition) is 2. The van der Waals surface area contributed by atoms with Gasteiger partial charge in [-0.3, -0.25) is 19.0 Å². The molecular weight excluding hydrogens is 462 g/mol. The van der Waals surface area contributed by atoms with Gasteiger partial charge in [0.15, 0.2) is 0 Å². The fraction of sp³-hybridized carbons (Fsp3) is 0.273. The molecule has 0 unspecified atom stereocenters. The Morgan fingerprint density at radius 3 is 2.61 bits per heavy atom. The van der Waals surface area contributed by atoms with Gasteiger partial charge in [-0.2, -0.15) is 0 Å². The normalized spacial score (nSPS) is 13.9. The third-order valence-corrected chi connectivity index (χ3v) is 5.85. The molecule has 0 saturated carbocycles. The molecule has 0 bridgehead atoms. The highest BCUT2D eigenvalue weighted by atomic mass is 79.9. The molecule has 4 rings (SSSR count). The van der Waals surface area contributed by atoms with Crippen molar-refractivity contribution < 1.29 is 9.59 Å². The number of hydrogen-bond acceptors (Lipinski definition) is 5. The number of piperidine rings is 1. The quantitative estimate of drug-likeness (QED) is 0.579. The van der Waals surface area contributed by atoms with Gasteiger partial charge in [0.05, 0.1) is 28.6 Å². The molecule has 1 aliphatic rings. The van der Waals surface area contributed by atoms with Crippen LogP contribution in [0.5, 0.6) is 0 Å². The predicted octanol–water partition coefficient (Wildman–Crippen LogP) is 2.89. The van der Waals surface area contributed by atoms with Gasteiger partial charge in [-0.15, -0.1) is 0 Å². The smallest absolute Gasteiger partial charge is 0.261 e. The molecule has 0 aliphatic carbocycles. The summed E-state index contributed by atoms with van der Waals surface area (Å²) in [4.78, 5) is 43.7. The van der Waals surface area contributed by atoms with Gasteiger partial charge in [0, 0.05) is 23.1 Å².